The molecule has 0 aliphatic rings. The van der Waals surface area contributed by atoms with Gasteiger partial charge in [0.1, 0.15) is 17.3 Å². The maximum atomic E-state index is 12.9. The third kappa shape index (κ3) is 5.73. The van der Waals surface area contributed by atoms with Crippen molar-refractivity contribution in [3.05, 3.63) is 59.4 Å². The molecule has 2 aromatic carbocycles. The maximum absolute atomic E-state index is 12.9. The molecule has 2 rings (SSSR count). The van der Waals surface area contributed by atoms with Crippen LogP contribution < -0.4 is 9.47 Å². The van der Waals surface area contributed by atoms with Crippen LogP contribution in [0.3, 0.4) is 0 Å². The number of hydrogen-bond donors (Lipinski definition) is 0. The minimum Gasteiger partial charge on any atom is -0.467 e. The predicted molar refractivity (Wildman–Crippen MR) is 86.8 cm³/mol. The van der Waals surface area contributed by atoms with Gasteiger partial charge < -0.3 is 18.9 Å². The Morgan fingerprint density at radius 1 is 0.783 bits per heavy atom. The lowest BCUT2D eigenvalue weighted by Crippen LogP contribution is -2.02. The smallest absolute Gasteiger partial charge is 0.188 e. The zero-order chi connectivity index (χ0) is 16.5. The van der Waals surface area contributed by atoms with Gasteiger partial charge in [0, 0.05) is 20.3 Å². The van der Waals surface area contributed by atoms with Crippen molar-refractivity contribution < 1.29 is 23.3 Å². The van der Waals surface area contributed by atoms with Gasteiger partial charge in [0.05, 0.1) is 0 Å². The second-order valence-corrected chi connectivity index (χ2v) is 4.72. The monoisotopic (exact) mass is 318 g/mol. The van der Waals surface area contributed by atoms with E-state index in [2.05, 4.69) is 0 Å². The van der Waals surface area contributed by atoms with E-state index < -0.39 is 0 Å². The van der Waals surface area contributed by atoms with Gasteiger partial charge >= 0.3 is 0 Å². The summed E-state index contributed by atoms with van der Waals surface area (Å²) in [4.78, 5) is 0. The van der Waals surface area contributed by atoms with E-state index in [9.17, 15) is 4.39 Å². The molecular weight excluding hydrogens is 299 g/mol. The summed E-state index contributed by atoms with van der Waals surface area (Å²) >= 11 is 0. The highest BCUT2D eigenvalue weighted by Crippen LogP contribution is 2.24. The van der Waals surface area contributed by atoms with Crippen LogP contribution >= 0.6 is 0 Å². The Morgan fingerprint density at radius 2 is 1.30 bits per heavy atom. The predicted octanol–water partition coefficient (Wildman–Crippen LogP) is 3.96. The van der Waals surface area contributed by atoms with Crippen LogP contribution in [0.4, 0.5) is 4.39 Å². The van der Waals surface area contributed by atoms with Crippen LogP contribution in [0.5, 0.6) is 11.5 Å². The molecule has 0 fully saturated rings. The summed E-state index contributed by atoms with van der Waals surface area (Å²) < 4.78 is 33.6. The number of benzene rings is 2. The molecule has 122 valence electrons. The summed E-state index contributed by atoms with van der Waals surface area (Å²) in [6.45, 7) is 0.295. The molecule has 0 heterocycles. The molecule has 0 spiro atoms. The average Bonchev–Trinajstić information content (AvgIpc) is 2.57. The Hall–Kier alpha value is -2.37. The first-order valence-electron chi connectivity index (χ1n) is 7.03. The second-order valence-electron chi connectivity index (χ2n) is 4.72. The van der Waals surface area contributed by atoms with Crippen LogP contribution in [0.25, 0.3) is 12.2 Å². The molecule has 0 amide bonds. The third-order valence-electron chi connectivity index (χ3n) is 2.93. The summed E-state index contributed by atoms with van der Waals surface area (Å²) in [6, 6.07) is 11.7. The molecule has 0 bridgehead atoms. The highest BCUT2D eigenvalue weighted by Gasteiger charge is 2.02. The molecule has 0 saturated heterocycles. The van der Waals surface area contributed by atoms with Crippen molar-refractivity contribution in [1.82, 2.24) is 0 Å². The zero-order valence-corrected chi connectivity index (χ0v) is 13.1. The topological polar surface area (TPSA) is 36.9 Å². The fourth-order valence-electron chi connectivity index (χ4n) is 1.88. The maximum Gasteiger partial charge on any atom is 0.188 e. The first-order valence-corrected chi connectivity index (χ1v) is 7.03. The van der Waals surface area contributed by atoms with Gasteiger partial charge in [-0.05, 0) is 35.4 Å². The largest absolute Gasteiger partial charge is 0.467 e. The second kappa shape index (κ2) is 8.92. The van der Waals surface area contributed by atoms with Crippen LogP contribution in [-0.2, 0) is 9.47 Å². The Bertz CT molecular complexity index is 612. The standard InChI is InChI=1S/C18H19FO4/c1-20-12-22-17-9-15(10-18(11-17)23-13-21-2)4-3-14-5-7-16(19)8-6-14/h3-11H,12-13H2,1-2H3/b4-3+. The minimum absolute atomic E-state index is 0.148. The van der Waals surface area contributed by atoms with E-state index in [1.54, 1.807) is 32.4 Å². The van der Waals surface area contributed by atoms with Crippen LogP contribution in [-0.4, -0.2) is 27.8 Å². The summed E-state index contributed by atoms with van der Waals surface area (Å²) in [5.74, 6) is 0.991. The van der Waals surface area contributed by atoms with E-state index in [-0.39, 0.29) is 19.4 Å². The SMILES string of the molecule is COCOc1cc(/C=C/c2ccc(F)cc2)cc(OCOC)c1. The van der Waals surface area contributed by atoms with Gasteiger partial charge in [-0.15, -0.1) is 0 Å². The molecule has 0 aliphatic heterocycles. The van der Waals surface area contributed by atoms with Crippen molar-refractivity contribution in [2.24, 2.45) is 0 Å². The first kappa shape index (κ1) is 17.0. The molecule has 0 N–H and O–H groups in total. The molecule has 5 heteroatoms. The fourth-order valence-corrected chi connectivity index (χ4v) is 1.88. The van der Waals surface area contributed by atoms with Crippen LogP contribution in [0, 0.1) is 5.82 Å². The Balaban J connectivity index is 2.19. The van der Waals surface area contributed by atoms with E-state index in [4.69, 9.17) is 18.9 Å². The number of ether oxygens (including phenoxy) is 4. The van der Waals surface area contributed by atoms with Gasteiger partial charge in [-0.3, -0.25) is 0 Å². The molecule has 4 nitrogen and oxygen atoms in total. The van der Waals surface area contributed by atoms with Crippen LogP contribution in [0.1, 0.15) is 11.1 Å². The fraction of sp³-hybridized carbons (Fsp3) is 0.222. The Kier molecular flexibility index (Phi) is 6.59. The minimum atomic E-state index is -0.257. The van der Waals surface area contributed by atoms with E-state index in [0.717, 1.165) is 11.1 Å². The number of hydrogen-bond acceptors (Lipinski definition) is 4. The van der Waals surface area contributed by atoms with Crippen molar-refractivity contribution in [1.29, 1.82) is 0 Å². The van der Waals surface area contributed by atoms with Gasteiger partial charge in [0.2, 0.25) is 0 Å². The van der Waals surface area contributed by atoms with Crippen molar-refractivity contribution in [3.8, 4) is 11.5 Å². The first-order chi connectivity index (χ1) is 11.2. The summed E-state index contributed by atoms with van der Waals surface area (Å²) in [5, 5.41) is 0. The molecule has 0 atom stereocenters. The van der Waals surface area contributed by atoms with Gasteiger partial charge in [-0.2, -0.15) is 0 Å². The highest BCUT2D eigenvalue weighted by atomic mass is 19.1. The lowest BCUT2D eigenvalue weighted by Gasteiger charge is -2.10. The molecule has 0 aromatic heterocycles. The highest BCUT2D eigenvalue weighted by molar-refractivity contribution is 5.71. The van der Waals surface area contributed by atoms with Crippen LogP contribution in [0.15, 0.2) is 42.5 Å². The summed E-state index contributed by atoms with van der Waals surface area (Å²) in [7, 11) is 3.11. The zero-order valence-electron chi connectivity index (χ0n) is 13.1. The molecule has 0 aliphatic carbocycles. The summed E-state index contributed by atoms with van der Waals surface area (Å²) in [6.07, 6.45) is 3.78. The Labute approximate surface area is 135 Å². The normalized spacial score (nSPS) is 10.9. The molecule has 0 unspecified atom stereocenters. The van der Waals surface area contributed by atoms with Gasteiger partial charge in [0.15, 0.2) is 13.6 Å². The number of rotatable bonds is 8. The van der Waals surface area contributed by atoms with E-state index in [1.165, 1.54) is 12.1 Å². The van der Waals surface area contributed by atoms with Gasteiger partial charge in [-0.25, -0.2) is 4.39 Å². The lowest BCUT2D eigenvalue weighted by molar-refractivity contribution is 0.0460. The molecule has 23 heavy (non-hydrogen) atoms. The number of halogens is 1. The Morgan fingerprint density at radius 3 is 1.83 bits per heavy atom. The van der Waals surface area contributed by atoms with Gasteiger partial charge in [-0.1, -0.05) is 24.3 Å². The van der Waals surface area contributed by atoms with Crippen molar-refractivity contribution >= 4 is 12.2 Å². The third-order valence-corrected chi connectivity index (χ3v) is 2.93. The quantitative estimate of drug-likeness (QED) is 0.545. The van der Waals surface area contributed by atoms with Crippen molar-refractivity contribution in [2.45, 2.75) is 0 Å². The molecular formula is C18H19FO4. The lowest BCUT2D eigenvalue weighted by atomic mass is 10.1. The van der Waals surface area contributed by atoms with Crippen LogP contribution in [0.2, 0.25) is 0 Å². The van der Waals surface area contributed by atoms with E-state index in [1.807, 2.05) is 24.3 Å². The number of methoxy groups -OCH3 is 2. The van der Waals surface area contributed by atoms with Crippen molar-refractivity contribution in [3.63, 3.8) is 0 Å². The molecule has 0 saturated carbocycles. The van der Waals surface area contributed by atoms with Gasteiger partial charge in [0.25, 0.3) is 0 Å². The molecule has 0 radical (unpaired) electrons. The van der Waals surface area contributed by atoms with Crippen molar-refractivity contribution in [2.75, 3.05) is 27.8 Å². The molecule has 2 aromatic rings. The van der Waals surface area contributed by atoms with E-state index in [0.29, 0.717) is 11.5 Å². The van der Waals surface area contributed by atoms with E-state index >= 15 is 0 Å². The summed E-state index contributed by atoms with van der Waals surface area (Å²) in [5.41, 5.74) is 1.78. The average molecular weight is 318 g/mol.